The van der Waals surface area contributed by atoms with Crippen LogP contribution in [0.5, 0.6) is 5.75 Å². The van der Waals surface area contributed by atoms with Crippen molar-refractivity contribution in [1.29, 1.82) is 5.26 Å². The van der Waals surface area contributed by atoms with E-state index in [1.807, 2.05) is 13.0 Å². The third-order valence-corrected chi connectivity index (χ3v) is 3.73. The van der Waals surface area contributed by atoms with Gasteiger partial charge in [0.25, 0.3) is 0 Å². The molecule has 19 heavy (non-hydrogen) atoms. The van der Waals surface area contributed by atoms with Crippen LogP contribution >= 0.6 is 0 Å². The Kier molecular flexibility index (Phi) is 2.75. The minimum atomic E-state index is -0.685. The topological polar surface area (TPSA) is 64.0 Å². The maximum atomic E-state index is 8.93. The van der Waals surface area contributed by atoms with Crippen molar-refractivity contribution < 1.29 is 18.9 Å². The minimum absolute atomic E-state index is 0.0464. The van der Waals surface area contributed by atoms with Crippen LogP contribution in [0.15, 0.2) is 18.2 Å². The zero-order chi connectivity index (χ0) is 13.6. The Hall–Kier alpha value is -1.61. The smallest absolute Gasteiger partial charge is 0.199 e. The van der Waals surface area contributed by atoms with Gasteiger partial charge in [0.1, 0.15) is 18.0 Å². The van der Waals surface area contributed by atoms with Crippen molar-refractivity contribution in [3.05, 3.63) is 29.3 Å². The van der Waals surface area contributed by atoms with Gasteiger partial charge >= 0.3 is 0 Å². The molecule has 0 N–H and O–H groups in total. The molecule has 3 atom stereocenters. The standard InChI is InChI=1S/C14H15NO4/c1-14(13(16-2)17-3)12-11(18-12)9-6-8(7-15)4-5-10(9)19-14/h4-6,11-13H,1-3H3/t11-,12-,14-/m0/s1. The SMILES string of the molecule is COC(OC)[C@@]1(C)Oc2ccc(C#N)cc2[C@@H]2O[C@@H]21. The van der Waals surface area contributed by atoms with E-state index in [2.05, 4.69) is 6.07 Å². The van der Waals surface area contributed by atoms with Gasteiger partial charge < -0.3 is 18.9 Å². The normalized spacial score (nSPS) is 31.1. The summed E-state index contributed by atoms with van der Waals surface area (Å²) >= 11 is 0. The highest BCUT2D eigenvalue weighted by atomic mass is 16.7. The van der Waals surface area contributed by atoms with Crippen LogP contribution in [0.3, 0.4) is 0 Å². The summed E-state index contributed by atoms with van der Waals surface area (Å²) in [6.45, 7) is 1.91. The number of hydrogen-bond donors (Lipinski definition) is 0. The van der Waals surface area contributed by atoms with E-state index in [4.69, 9.17) is 24.2 Å². The molecule has 2 aliphatic heterocycles. The molecule has 0 unspecified atom stereocenters. The molecule has 5 heteroatoms. The lowest BCUT2D eigenvalue weighted by atomic mass is 9.91. The highest BCUT2D eigenvalue weighted by Gasteiger charge is 2.63. The summed E-state index contributed by atoms with van der Waals surface area (Å²) in [5.41, 5.74) is 0.845. The minimum Gasteiger partial charge on any atom is -0.479 e. The molecule has 0 saturated carbocycles. The Morgan fingerprint density at radius 3 is 2.74 bits per heavy atom. The van der Waals surface area contributed by atoms with Gasteiger partial charge in [0, 0.05) is 19.8 Å². The fourth-order valence-corrected chi connectivity index (χ4v) is 2.76. The monoisotopic (exact) mass is 261 g/mol. The van der Waals surface area contributed by atoms with Crippen molar-refractivity contribution >= 4 is 0 Å². The number of epoxide rings is 1. The summed E-state index contributed by atoms with van der Waals surface area (Å²) in [7, 11) is 3.16. The van der Waals surface area contributed by atoms with Gasteiger partial charge in [-0.2, -0.15) is 5.26 Å². The predicted molar refractivity (Wildman–Crippen MR) is 65.6 cm³/mol. The van der Waals surface area contributed by atoms with Gasteiger partial charge in [-0.15, -0.1) is 0 Å². The molecule has 2 aliphatic rings. The second-order valence-electron chi connectivity index (χ2n) is 4.93. The molecule has 0 spiro atoms. The first-order chi connectivity index (χ1) is 9.13. The van der Waals surface area contributed by atoms with Crippen molar-refractivity contribution in [3.63, 3.8) is 0 Å². The van der Waals surface area contributed by atoms with Crippen LogP contribution in [0, 0.1) is 11.3 Å². The van der Waals surface area contributed by atoms with E-state index in [0.29, 0.717) is 5.56 Å². The molecule has 100 valence electrons. The van der Waals surface area contributed by atoms with Gasteiger partial charge in [-0.05, 0) is 25.1 Å². The van der Waals surface area contributed by atoms with Crippen LogP contribution < -0.4 is 4.74 Å². The molecule has 2 heterocycles. The molecule has 0 bridgehead atoms. The maximum Gasteiger partial charge on any atom is 0.199 e. The number of hydrogen-bond acceptors (Lipinski definition) is 5. The van der Waals surface area contributed by atoms with Gasteiger partial charge in [-0.25, -0.2) is 0 Å². The van der Waals surface area contributed by atoms with Crippen molar-refractivity contribution in [2.75, 3.05) is 14.2 Å². The number of nitriles is 1. The van der Waals surface area contributed by atoms with Crippen molar-refractivity contribution in [2.24, 2.45) is 0 Å². The fraction of sp³-hybridized carbons (Fsp3) is 0.500. The average molecular weight is 261 g/mol. The van der Waals surface area contributed by atoms with E-state index in [1.165, 1.54) is 0 Å². The van der Waals surface area contributed by atoms with Gasteiger partial charge in [-0.3, -0.25) is 0 Å². The van der Waals surface area contributed by atoms with E-state index in [-0.39, 0.29) is 12.2 Å². The molecule has 5 nitrogen and oxygen atoms in total. The quantitative estimate of drug-likeness (QED) is 0.613. The Morgan fingerprint density at radius 1 is 1.37 bits per heavy atom. The lowest BCUT2D eigenvalue weighted by Gasteiger charge is -2.37. The molecule has 0 aromatic heterocycles. The number of fused-ring (bicyclic) bond motifs is 3. The third-order valence-electron chi connectivity index (χ3n) is 3.73. The summed E-state index contributed by atoms with van der Waals surface area (Å²) in [6.07, 6.45) is -0.667. The number of methoxy groups -OCH3 is 2. The Morgan fingerprint density at radius 2 is 2.11 bits per heavy atom. The van der Waals surface area contributed by atoms with Gasteiger partial charge in [0.05, 0.1) is 11.6 Å². The van der Waals surface area contributed by atoms with Crippen molar-refractivity contribution in [3.8, 4) is 11.8 Å². The van der Waals surface area contributed by atoms with Crippen LogP contribution in [0.2, 0.25) is 0 Å². The van der Waals surface area contributed by atoms with Gasteiger partial charge in [0.15, 0.2) is 11.9 Å². The lowest BCUT2D eigenvalue weighted by Crippen LogP contribution is -2.53. The molecule has 0 amide bonds. The maximum absolute atomic E-state index is 8.93. The molecule has 0 aliphatic carbocycles. The fourth-order valence-electron chi connectivity index (χ4n) is 2.76. The van der Waals surface area contributed by atoms with Crippen molar-refractivity contribution in [2.45, 2.75) is 31.0 Å². The van der Waals surface area contributed by atoms with Crippen LogP contribution in [0.4, 0.5) is 0 Å². The van der Waals surface area contributed by atoms with Crippen LogP contribution in [-0.4, -0.2) is 32.2 Å². The van der Waals surface area contributed by atoms with Gasteiger partial charge in [-0.1, -0.05) is 0 Å². The summed E-state index contributed by atoms with van der Waals surface area (Å²) in [6, 6.07) is 7.47. The number of rotatable bonds is 3. The molecule has 1 aromatic rings. The second kappa shape index (κ2) is 4.20. The first-order valence-electron chi connectivity index (χ1n) is 6.08. The Bertz CT molecular complexity index is 549. The Labute approximate surface area is 111 Å². The Balaban J connectivity index is 1.99. The van der Waals surface area contributed by atoms with Crippen LogP contribution in [-0.2, 0) is 14.2 Å². The zero-order valence-electron chi connectivity index (χ0n) is 11.0. The van der Waals surface area contributed by atoms with E-state index in [0.717, 1.165) is 11.3 Å². The lowest BCUT2D eigenvalue weighted by molar-refractivity contribution is -0.205. The van der Waals surface area contributed by atoms with E-state index < -0.39 is 11.9 Å². The van der Waals surface area contributed by atoms with E-state index >= 15 is 0 Å². The molecular formula is C14H15NO4. The summed E-state index contributed by atoms with van der Waals surface area (Å²) < 4.78 is 22.4. The zero-order valence-corrected chi connectivity index (χ0v) is 11.0. The number of ether oxygens (including phenoxy) is 4. The first kappa shape index (κ1) is 12.4. The van der Waals surface area contributed by atoms with E-state index in [9.17, 15) is 0 Å². The van der Waals surface area contributed by atoms with Crippen molar-refractivity contribution in [1.82, 2.24) is 0 Å². The molecule has 1 aromatic carbocycles. The summed E-state index contributed by atoms with van der Waals surface area (Å²) in [5.74, 6) is 0.722. The molecule has 0 radical (unpaired) electrons. The summed E-state index contributed by atoms with van der Waals surface area (Å²) in [4.78, 5) is 0. The first-order valence-corrected chi connectivity index (χ1v) is 6.08. The van der Waals surface area contributed by atoms with Crippen LogP contribution in [0.25, 0.3) is 0 Å². The number of benzene rings is 1. The molecule has 1 fully saturated rings. The molecule has 1 saturated heterocycles. The molecular weight excluding hydrogens is 246 g/mol. The van der Waals surface area contributed by atoms with Crippen LogP contribution in [0.1, 0.15) is 24.2 Å². The molecule has 3 rings (SSSR count). The summed E-state index contributed by atoms with van der Waals surface area (Å²) in [5, 5.41) is 8.93. The largest absolute Gasteiger partial charge is 0.479 e. The average Bonchev–Trinajstić information content (AvgIpc) is 3.21. The second-order valence-corrected chi connectivity index (χ2v) is 4.93. The van der Waals surface area contributed by atoms with Gasteiger partial charge in [0.2, 0.25) is 0 Å². The predicted octanol–water partition coefficient (Wildman–Crippen LogP) is 1.77. The number of nitrogens with zero attached hydrogens (tertiary/aromatic N) is 1. The third kappa shape index (κ3) is 1.72. The highest BCUT2D eigenvalue weighted by Crippen LogP contribution is 2.55. The highest BCUT2D eigenvalue weighted by molar-refractivity contribution is 5.48. The van der Waals surface area contributed by atoms with E-state index in [1.54, 1.807) is 26.4 Å².